The van der Waals surface area contributed by atoms with Gasteiger partial charge in [-0.15, -0.1) is 0 Å². The van der Waals surface area contributed by atoms with E-state index in [-0.39, 0.29) is 18.9 Å². The lowest BCUT2D eigenvalue weighted by atomic mass is 9.92. The highest BCUT2D eigenvalue weighted by molar-refractivity contribution is 6.26. The molecule has 3 aromatic rings. The quantitative estimate of drug-likeness (QED) is 0.219. The molecule has 1 aromatic heterocycles. The third-order valence-electron chi connectivity index (χ3n) is 6.98. The van der Waals surface area contributed by atoms with Gasteiger partial charge in [0.1, 0.15) is 18.8 Å². The number of imide groups is 1. The topological polar surface area (TPSA) is 149 Å². The first-order valence-electron chi connectivity index (χ1n) is 11.9. The number of rotatable bonds is 7. The summed E-state index contributed by atoms with van der Waals surface area (Å²) >= 11 is 0. The maximum absolute atomic E-state index is 13.4. The molecule has 12 heteroatoms. The molecule has 1 N–H and O–H groups in total. The van der Waals surface area contributed by atoms with Crippen molar-refractivity contribution in [3.05, 3.63) is 63.6 Å². The van der Waals surface area contributed by atoms with Crippen molar-refractivity contribution in [1.82, 2.24) is 19.4 Å². The Hall–Kier alpha value is -4.34. The first-order valence-corrected chi connectivity index (χ1v) is 11.9. The van der Waals surface area contributed by atoms with E-state index in [4.69, 9.17) is 5.26 Å². The monoisotopic (exact) mass is 503 g/mol. The summed E-state index contributed by atoms with van der Waals surface area (Å²) in [6, 6.07) is 11.1. The van der Waals surface area contributed by atoms with Crippen LogP contribution in [0, 0.1) is 28.4 Å². The summed E-state index contributed by atoms with van der Waals surface area (Å²) in [5, 5.41) is 32.3. The summed E-state index contributed by atoms with van der Waals surface area (Å²) in [5.41, 5.74) is 1.66. The zero-order valence-electron chi connectivity index (χ0n) is 20.2. The van der Waals surface area contributed by atoms with E-state index in [9.17, 15) is 24.8 Å². The fraction of sp³-hybridized carbons (Fsp3) is 0.360. The van der Waals surface area contributed by atoms with Crippen LogP contribution in [0.4, 0.5) is 11.5 Å². The molecule has 0 radical (unpaired) electrons. The molecule has 1 atom stereocenters. The summed E-state index contributed by atoms with van der Waals surface area (Å²) in [6.07, 6.45) is -0.124. The number of piperazine rings is 1. The lowest BCUT2D eigenvalue weighted by Gasteiger charge is -2.36. The Labute approximate surface area is 212 Å². The summed E-state index contributed by atoms with van der Waals surface area (Å²) in [5.74, 6) is -0.966. The summed E-state index contributed by atoms with van der Waals surface area (Å²) in [7, 11) is 0. The molecule has 0 bridgehead atoms. The number of imidazole rings is 1. The summed E-state index contributed by atoms with van der Waals surface area (Å²) in [6.45, 7) is 4.40. The van der Waals surface area contributed by atoms with Crippen LogP contribution in [0.15, 0.2) is 36.5 Å². The minimum absolute atomic E-state index is 0.188. The smallest absolute Gasteiger partial charge is 0.342 e. The molecule has 3 heterocycles. The Bertz CT molecular complexity index is 1430. The fourth-order valence-electron chi connectivity index (χ4n) is 5.13. The second-order valence-electron chi connectivity index (χ2n) is 9.19. The number of amides is 2. The lowest BCUT2D eigenvalue weighted by molar-refractivity contribution is -0.392. The van der Waals surface area contributed by atoms with Crippen LogP contribution >= 0.6 is 0 Å². The molecule has 2 amide bonds. The predicted molar refractivity (Wildman–Crippen MR) is 133 cm³/mol. The third kappa shape index (κ3) is 4.28. The van der Waals surface area contributed by atoms with Gasteiger partial charge in [0.2, 0.25) is 0 Å². The normalized spacial score (nSPS) is 16.8. The number of anilines is 1. The highest BCUT2D eigenvalue weighted by Crippen LogP contribution is 2.36. The van der Waals surface area contributed by atoms with Crippen LogP contribution in [0.5, 0.6) is 0 Å². The highest BCUT2D eigenvalue weighted by atomic mass is 16.6. The van der Waals surface area contributed by atoms with Crippen molar-refractivity contribution >= 4 is 34.1 Å². The second kappa shape index (κ2) is 9.61. The SMILES string of the molecule is Cc1ncc([N+](=O)[O-])n1CC(O)CN1C(=O)c2cccc3c(N4CCN(CC#N)CC4)ccc(c23)C1=O. The van der Waals surface area contributed by atoms with Gasteiger partial charge in [0.25, 0.3) is 11.8 Å². The number of benzene rings is 2. The van der Waals surface area contributed by atoms with E-state index in [0.717, 1.165) is 48.3 Å². The number of aryl methyl sites for hydroxylation is 1. The van der Waals surface area contributed by atoms with Gasteiger partial charge in [-0.3, -0.25) is 19.4 Å². The van der Waals surface area contributed by atoms with Gasteiger partial charge in [-0.25, -0.2) is 9.55 Å². The lowest BCUT2D eigenvalue weighted by Crippen LogP contribution is -2.47. The number of aromatic nitrogens is 2. The molecular weight excluding hydrogens is 478 g/mol. The fourth-order valence-corrected chi connectivity index (χ4v) is 5.13. The van der Waals surface area contributed by atoms with Gasteiger partial charge in [0.15, 0.2) is 5.82 Å². The maximum atomic E-state index is 13.4. The molecule has 0 saturated carbocycles. The van der Waals surface area contributed by atoms with Crippen LogP contribution in [0.25, 0.3) is 10.8 Å². The number of hydrogen-bond acceptors (Lipinski definition) is 9. The van der Waals surface area contributed by atoms with E-state index in [0.29, 0.717) is 28.9 Å². The molecule has 0 aliphatic carbocycles. The zero-order valence-corrected chi connectivity index (χ0v) is 20.2. The van der Waals surface area contributed by atoms with E-state index in [1.807, 2.05) is 12.1 Å². The van der Waals surface area contributed by atoms with Gasteiger partial charge in [0.05, 0.1) is 19.2 Å². The van der Waals surface area contributed by atoms with E-state index in [1.165, 1.54) is 4.57 Å². The molecule has 1 fully saturated rings. The van der Waals surface area contributed by atoms with E-state index in [1.54, 1.807) is 25.1 Å². The van der Waals surface area contributed by atoms with Crippen molar-refractivity contribution in [2.24, 2.45) is 0 Å². The molecule has 2 aliphatic rings. The largest absolute Gasteiger partial charge is 0.387 e. The van der Waals surface area contributed by atoms with Gasteiger partial charge in [-0.05, 0) is 23.1 Å². The number of hydrogen-bond donors (Lipinski definition) is 1. The van der Waals surface area contributed by atoms with E-state index < -0.39 is 22.8 Å². The number of nitrogens with zero attached hydrogens (tertiary/aromatic N) is 7. The number of aliphatic hydroxyl groups is 1. The molecule has 37 heavy (non-hydrogen) atoms. The Morgan fingerprint density at radius 2 is 1.81 bits per heavy atom. The van der Waals surface area contributed by atoms with Crippen LogP contribution in [0.1, 0.15) is 26.5 Å². The van der Waals surface area contributed by atoms with Gasteiger partial charge >= 0.3 is 5.82 Å². The number of β-amino-alcohol motifs (C(OH)–C–C–N with tert-alkyl or cyclic N) is 1. The van der Waals surface area contributed by atoms with Crippen molar-refractivity contribution in [2.45, 2.75) is 19.6 Å². The van der Waals surface area contributed by atoms with Gasteiger partial charge in [-0.1, -0.05) is 12.1 Å². The number of aliphatic hydroxyl groups excluding tert-OH is 1. The summed E-state index contributed by atoms with van der Waals surface area (Å²) < 4.78 is 1.25. The number of carbonyl (C=O) groups excluding carboxylic acids is 2. The Morgan fingerprint density at radius 1 is 1.11 bits per heavy atom. The van der Waals surface area contributed by atoms with Crippen LogP contribution in [-0.2, 0) is 6.54 Å². The average molecular weight is 504 g/mol. The minimum atomic E-state index is -1.23. The van der Waals surface area contributed by atoms with Gasteiger partial charge < -0.3 is 20.1 Å². The number of carbonyl (C=O) groups is 2. The standard InChI is InChI=1S/C25H25N7O5/c1-16-27-13-22(32(36)37)30(16)14-17(33)15-31-24(34)19-4-2-3-18-21(6-5-20(23(18)19)25(31)35)29-11-9-28(8-7-26)10-12-29/h2-6,13,17,33H,8-12,14-15H2,1H3. The molecule has 1 unspecified atom stereocenters. The maximum Gasteiger partial charge on any atom is 0.342 e. The molecule has 2 aromatic carbocycles. The van der Waals surface area contributed by atoms with Crippen LogP contribution in [-0.4, -0.2) is 86.6 Å². The van der Waals surface area contributed by atoms with Crippen LogP contribution in [0.2, 0.25) is 0 Å². The molecular formula is C25H25N7O5. The second-order valence-corrected chi connectivity index (χ2v) is 9.19. The molecule has 2 aliphatic heterocycles. The third-order valence-corrected chi connectivity index (χ3v) is 6.98. The molecule has 5 rings (SSSR count). The Kier molecular flexibility index (Phi) is 6.32. The van der Waals surface area contributed by atoms with Gasteiger partial charge in [0, 0.05) is 60.7 Å². The molecule has 12 nitrogen and oxygen atoms in total. The first-order chi connectivity index (χ1) is 17.8. The molecule has 1 saturated heterocycles. The van der Waals surface area contributed by atoms with Crippen molar-refractivity contribution < 1.29 is 19.6 Å². The average Bonchev–Trinajstić information content (AvgIpc) is 3.25. The van der Waals surface area contributed by atoms with Crippen molar-refractivity contribution in [2.75, 3.05) is 44.2 Å². The minimum Gasteiger partial charge on any atom is -0.387 e. The molecule has 190 valence electrons. The Morgan fingerprint density at radius 3 is 2.49 bits per heavy atom. The van der Waals surface area contributed by atoms with Crippen molar-refractivity contribution in [3.8, 4) is 6.07 Å². The van der Waals surface area contributed by atoms with Crippen molar-refractivity contribution in [1.29, 1.82) is 5.26 Å². The highest BCUT2D eigenvalue weighted by Gasteiger charge is 2.36. The van der Waals surface area contributed by atoms with Crippen LogP contribution < -0.4 is 4.90 Å². The number of nitriles is 1. The predicted octanol–water partition coefficient (Wildman–Crippen LogP) is 1.56. The Balaban J connectivity index is 1.41. The van der Waals surface area contributed by atoms with Gasteiger partial charge in [-0.2, -0.15) is 5.26 Å². The van der Waals surface area contributed by atoms with Crippen molar-refractivity contribution in [3.63, 3.8) is 0 Å². The zero-order chi connectivity index (χ0) is 26.3. The first kappa shape index (κ1) is 24.4. The number of nitro groups is 1. The van der Waals surface area contributed by atoms with E-state index >= 15 is 0 Å². The van der Waals surface area contributed by atoms with E-state index in [2.05, 4.69) is 20.9 Å². The van der Waals surface area contributed by atoms with Crippen LogP contribution in [0.3, 0.4) is 0 Å². The summed E-state index contributed by atoms with van der Waals surface area (Å²) in [4.78, 5) is 46.7. The molecule has 0 spiro atoms.